The van der Waals surface area contributed by atoms with Gasteiger partial charge < -0.3 is 14.8 Å². The van der Waals surface area contributed by atoms with E-state index in [4.69, 9.17) is 9.47 Å². The summed E-state index contributed by atoms with van der Waals surface area (Å²) in [6.45, 7) is -0.403. The predicted molar refractivity (Wildman–Crippen MR) is 100 cm³/mol. The van der Waals surface area contributed by atoms with E-state index in [9.17, 15) is 14.4 Å². The largest absolute Gasteiger partial charge is 0.465 e. The van der Waals surface area contributed by atoms with Crippen LogP contribution in [0.4, 0.5) is 5.00 Å². The van der Waals surface area contributed by atoms with E-state index in [0.29, 0.717) is 15.4 Å². The maximum atomic E-state index is 12.2. The summed E-state index contributed by atoms with van der Waals surface area (Å²) in [7, 11) is 1.33. The number of rotatable bonds is 5. The molecule has 0 fully saturated rings. The van der Waals surface area contributed by atoms with Gasteiger partial charge in [-0.05, 0) is 42.7 Å². The number of thiophene rings is 2. The summed E-state index contributed by atoms with van der Waals surface area (Å²) in [5.41, 5.74) is 1.41. The number of esters is 2. The van der Waals surface area contributed by atoms with E-state index in [2.05, 4.69) is 5.32 Å². The fraction of sp³-hybridized carbons (Fsp3) is 0.389. The van der Waals surface area contributed by atoms with Crippen molar-refractivity contribution in [3.8, 4) is 0 Å². The van der Waals surface area contributed by atoms with Gasteiger partial charge in [-0.2, -0.15) is 0 Å². The molecule has 1 aliphatic rings. The molecular weight excluding hydrogens is 374 g/mol. The van der Waals surface area contributed by atoms with Crippen LogP contribution in [0.3, 0.4) is 0 Å². The van der Waals surface area contributed by atoms with Crippen LogP contribution < -0.4 is 5.32 Å². The third kappa shape index (κ3) is 4.13. The van der Waals surface area contributed by atoms with Crippen LogP contribution in [0.1, 0.15) is 49.7 Å². The average molecular weight is 393 g/mol. The zero-order chi connectivity index (χ0) is 18.5. The molecule has 6 nitrogen and oxygen atoms in total. The van der Waals surface area contributed by atoms with Crippen LogP contribution in [0.15, 0.2) is 17.5 Å². The third-order valence-electron chi connectivity index (χ3n) is 4.12. The van der Waals surface area contributed by atoms with Crippen molar-refractivity contribution < 1.29 is 23.9 Å². The molecule has 2 aromatic heterocycles. The summed E-state index contributed by atoms with van der Waals surface area (Å²) in [4.78, 5) is 37.8. The number of hydrogen-bond acceptors (Lipinski definition) is 7. The lowest BCUT2D eigenvalue weighted by molar-refractivity contribution is -0.119. The van der Waals surface area contributed by atoms with Crippen molar-refractivity contribution in [1.82, 2.24) is 0 Å². The number of methoxy groups -OCH3 is 1. The lowest BCUT2D eigenvalue weighted by Crippen LogP contribution is -2.21. The first-order valence-corrected chi connectivity index (χ1v) is 10.0. The van der Waals surface area contributed by atoms with Crippen LogP contribution in [-0.2, 0) is 27.1 Å². The highest BCUT2D eigenvalue weighted by molar-refractivity contribution is 7.17. The summed E-state index contributed by atoms with van der Waals surface area (Å²) >= 11 is 2.66. The van der Waals surface area contributed by atoms with Crippen molar-refractivity contribution in [2.45, 2.75) is 32.1 Å². The number of aryl methyl sites for hydroxylation is 1. The molecule has 0 radical (unpaired) electrons. The average Bonchev–Trinajstić information content (AvgIpc) is 3.22. The second kappa shape index (κ2) is 8.46. The minimum Gasteiger partial charge on any atom is -0.465 e. The molecule has 0 aliphatic heterocycles. The van der Waals surface area contributed by atoms with E-state index >= 15 is 0 Å². The fourth-order valence-electron chi connectivity index (χ4n) is 2.91. The van der Waals surface area contributed by atoms with Crippen LogP contribution in [-0.4, -0.2) is 31.6 Å². The highest BCUT2D eigenvalue weighted by Gasteiger charge is 2.26. The Balaban J connectivity index is 1.71. The van der Waals surface area contributed by atoms with Crippen LogP contribution >= 0.6 is 22.7 Å². The van der Waals surface area contributed by atoms with E-state index in [0.717, 1.165) is 42.5 Å². The zero-order valence-corrected chi connectivity index (χ0v) is 16.0. The van der Waals surface area contributed by atoms with E-state index < -0.39 is 24.5 Å². The molecular formula is C18H19NO5S2. The lowest BCUT2D eigenvalue weighted by Gasteiger charge is -2.08. The van der Waals surface area contributed by atoms with Crippen LogP contribution in [0.25, 0.3) is 0 Å². The number of amides is 1. The van der Waals surface area contributed by atoms with Gasteiger partial charge in [0.2, 0.25) is 0 Å². The summed E-state index contributed by atoms with van der Waals surface area (Å²) in [6.07, 6.45) is 4.91. The maximum absolute atomic E-state index is 12.2. The van der Waals surface area contributed by atoms with E-state index in [1.165, 1.54) is 29.8 Å². The first kappa shape index (κ1) is 18.6. The Morgan fingerprint density at radius 1 is 1.15 bits per heavy atom. The van der Waals surface area contributed by atoms with Crippen LogP contribution in [0.2, 0.25) is 0 Å². The number of ether oxygens (including phenoxy) is 2. The molecule has 0 atom stereocenters. The number of carbonyl (C=O) groups is 3. The third-order valence-corrected chi connectivity index (χ3v) is 6.18. The first-order valence-electron chi connectivity index (χ1n) is 8.33. The van der Waals surface area contributed by atoms with Gasteiger partial charge in [-0.3, -0.25) is 4.79 Å². The second-order valence-corrected chi connectivity index (χ2v) is 7.91. The number of hydrogen-bond donors (Lipinski definition) is 1. The van der Waals surface area contributed by atoms with Gasteiger partial charge in [-0.25, -0.2) is 9.59 Å². The molecule has 0 spiro atoms. The van der Waals surface area contributed by atoms with Gasteiger partial charge in [0.15, 0.2) is 6.61 Å². The molecule has 0 aromatic carbocycles. The Morgan fingerprint density at radius 2 is 1.96 bits per heavy atom. The molecule has 2 aromatic rings. The first-order chi connectivity index (χ1) is 12.6. The molecule has 0 saturated carbocycles. The molecule has 8 heteroatoms. The second-order valence-electron chi connectivity index (χ2n) is 5.86. The summed E-state index contributed by atoms with van der Waals surface area (Å²) in [5, 5.41) is 4.94. The SMILES string of the molecule is COC(=O)c1c(NC(=O)COC(=O)c2cccs2)sc2c1CCCCC2. The summed E-state index contributed by atoms with van der Waals surface area (Å²) in [5.74, 6) is -1.46. The molecule has 138 valence electrons. The van der Waals surface area contributed by atoms with E-state index in [1.807, 2.05) is 0 Å². The van der Waals surface area contributed by atoms with Gasteiger partial charge in [-0.15, -0.1) is 22.7 Å². The van der Waals surface area contributed by atoms with Crippen molar-refractivity contribution in [2.75, 3.05) is 19.0 Å². The molecule has 26 heavy (non-hydrogen) atoms. The predicted octanol–water partition coefficient (Wildman–Crippen LogP) is 3.66. The van der Waals surface area contributed by atoms with Crippen molar-refractivity contribution in [3.05, 3.63) is 38.4 Å². The van der Waals surface area contributed by atoms with Gasteiger partial charge in [0.1, 0.15) is 9.88 Å². The normalized spacial score (nSPS) is 13.4. The van der Waals surface area contributed by atoms with Crippen molar-refractivity contribution >= 4 is 45.5 Å². The molecule has 0 unspecified atom stereocenters. The van der Waals surface area contributed by atoms with Crippen molar-refractivity contribution in [3.63, 3.8) is 0 Å². The fourth-order valence-corrected chi connectivity index (χ4v) is 4.82. The standard InChI is InChI=1S/C18H19NO5S2/c1-23-18(22)15-11-6-3-2-4-7-12(11)26-16(15)19-14(20)10-24-17(21)13-8-5-9-25-13/h5,8-9H,2-4,6-7,10H2,1H3,(H,19,20). The molecule has 0 bridgehead atoms. The Labute approximate surface area is 159 Å². The monoisotopic (exact) mass is 393 g/mol. The zero-order valence-electron chi connectivity index (χ0n) is 14.3. The maximum Gasteiger partial charge on any atom is 0.348 e. The van der Waals surface area contributed by atoms with E-state index in [-0.39, 0.29) is 0 Å². The Bertz CT molecular complexity index is 810. The van der Waals surface area contributed by atoms with Gasteiger partial charge >= 0.3 is 11.9 Å². The van der Waals surface area contributed by atoms with Crippen LogP contribution in [0, 0.1) is 0 Å². The molecule has 1 N–H and O–H groups in total. The molecule has 3 rings (SSSR count). The van der Waals surface area contributed by atoms with Crippen molar-refractivity contribution in [1.29, 1.82) is 0 Å². The topological polar surface area (TPSA) is 81.7 Å². The van der Waals surface area contributed by atoms with Gasteiger partial charge in [0.25, 0.3) is 5.91 Å². The Hall–Kier alpha value is -2.19. The molecule has 1 aliphatic carbocycles. The summed E-state index contributed by atoms with van der Waals surface area (Å²) in [6, 6.07) is 3.37. The van der Waals surface area contributed by atoms with Crippen molar-refractivity contribution in [2.24, 2.45) is 0 Å². The number of nitrogens with one attached hydrogen (secondary N) is 1. The molecule has 2 heterocycles. The van der Waals surface area contributed by atoms with Crippen LogP contribution in [0.5, 0.6) is 0 Å². The Kier molecular flexibility index (Phi) is 6.05. The number of carbonyl (C=O) groups excluding carboxylic acids is 3. The minimum atomic E-state index is -0.537. The number of anilines is 1. The number of fused-ring (bicyclic) bond motifs is 1. The van der Waals surface area contributed by atoms with Gasteiger partial charge in [0, 0.05) is 4.88 Å². The minimum absolute atomic E-state index is 0.403. The highest BCUT2D eigenvalue weighted by Crippen LogP contribution is 2.37. The smallest absolute Gasteiger partial charge is 0.348 e. The highest BCUT2D eigenvalue weighted by atomic mass is 32.1. The quantitative estimate of drug-likeness (QED) is 0.619. The van der Waals surface area contributed by atoms with Gasteiger partial charge in [-0.1, -0.05) is 12.5 Å². The molecule has 0 saturated heterocycles. The summed E-state index contributed by atoms with van der Waals surface area (Å²) < 4.78 is 9.92. The lowest BCUT2D eigenvalue weighted by atomic mass is 10.1. The van der Waals surface area contributed by atoms with E-state index in [1.54, 1.807) is 17.5 Å². The Morgan fingerprint density at radius 3 is 2.69 bits per heavy atom. The van der Waals surface area contributed by atoms with Gasteiger partial charge in [0.05, 0.1) is 12.7 Å². The molecule has 1 amide bonds.